The van der Waals surface area contributed by atoms with E-state index in [1.807, 2.05) is 0 Å². The number of benzene rings is 1. The second kappa shape index (κ2) is 5.67. The average Bonchev–Trinajstić information content (AvgIpc) is 2.29. The van der Waals surface area contributed by atoms with Crippen LogP contribution >= 0.6 is 0 Å². The van der Waals surface area contributed by atoms with Crippen LogP contribution in [0.15, 0.2) is 30.0 Å². The van der Waals surface area contributed by atoms with Crippen LogP contribution in [0.1, 0.15) is 0 Å². The summed E-state index contributed by atoms with van der Waals surface area (Å²) in [6.07, 6.45) is 0.325. The van der Waals surface area contributed by atoms with Crippen LogP contribution in [0.4, 0.5) is 4.39 Å². The Labute approximate surface area is 101 Å². The van der Waals surface area contributed by atoms with Crippen LogP contribution < -0.4 is 9.47 Å². The average molecular weight is 256 g/mol. The molecular weight excluding hydrogens is 247 g/mol. The van der Waals surface area contributed by atoms with E-state index in [-0.39, 0.29) is 5.75 Å². The van der Waals surface area contributed by atoms with E-state index >= 15 is 0 Å². The first-order chi connectivity index (χ1) is 8.43. The molecule has 0 saturated carbocycles. The van der Waals surface area contributed by atoms with Crippen molar-refractivity contribution in [3.05, 3.63) is 35.9 Å². The highest BCUT2D eigenvalue weighted by Crippen LogP contribution is 2.24. The van der Waals surface area contributed by atoms with Crippen molar-refractivity contribution in [2.45, 2.75) is 0 Å². The van der Waals surface area contributed by atoms with Crippen molar-refractivity contribution in [1.29, 1.82) is 0 Å². The van der Waals surface area contributed by atoms with E-state index < -0.39 is 29.3 Å². The Morgan fingerprint density at radius 3 is 2.44 bits per heavy atom. The maximum atomic E-state index is 13.4. The molecule has 0 radical (unpaired) electrons. The molecule has 6 nitrogen and oxygen atoms in total. The molecule has 1 rings (SSSR count). The summed E-state index contributed by atoms with van der Waals surface area (Å²) in [6, 6.07) is 3.46. The number of aliphatic carboxylic acids is 2. The Morgan fingerprint density at radius 2 is 2.00 bits per heavy atom. The van der Waals surface area contributed by atoms with E-state index in [9.17, 15) is 14.0 Å². The first kappa shape index (κ1) is 13.5. The third-order valence-electron chi connectivity index (χ3n) is 1.82. The van der Waals surface area contributed by atoms with Gasteiger partial charge in [0.1, 0.15) is 5.75 Å². The molecule has 0 aliphatic rings. The number of ether oxygens (including phenoxy) is 2. The van der Waals surface area contributed by atoms with Crippen LogP contribution in [-0.4, -0.2) is 29.3 Å². The van der Waals surface area contributed by atoms with Gasteiger partial charge in [0, 0.05) is 6.07 Å². The molecule has 1 aromatic carbocycles. The van der Waals surface area contributed by atoms with Crippen molar-refractivity contribution >= 4 is 11.9 Å². The van der Waals surface area contributed by atoms with E-state index in [2.05, 4.69) is 4.74 Å². The van der Waals surface area contributed by atoms with Gasteiger partial charge in [0.15, 0.2) is 11.6 Å². The fraction of sp³-hybridized carbons (Fsp3) is 0.0909. The molecule has 96 valence electrons. The topological polar surface area (TPSA) is 93.1 Å². The van der Waals surface area contributed by atoms with Crippen molar-refractivity contribution in [2.75, 3.05) is 7.11 Å². The highest BCUT2D eigenvalue weighted by molar-refractivity contribution is 5.93. The molecule has 0 amide bonds. The predicted octanol–water partition coefficient (Wildman–Crippen LogP) is 1.27. The molecule has 0 fully saturated rings. The molecule has 0 aliphatic carbocycles. The van der Waals surface area contributed by atoms with Crippen molar-refractivity contribution in [2.24, 2.45) is 0 Å². The Morgan fingerprint density at radius 1 is 1.33 bits per heavy atom. The maximum Gasteiger partial charge on any atom is 0.372 e. The zero-order valence-electron chi connectivity index (χ0n) is 9.21. The largest absolute Gasteiger partial charge is 0.497 e. The summed E-state index contributed by atoms with van der Waals surface area (Å²) < 4.78 is 22.8. The molecule has 0 bridgehead atoms. The number of carboxylic acid groups (broad SMARTS) is 2. The third kappa shape index (κ3) is 3.48. The molecule has 7 heteroatoms. The summed E-state index contributed by atoms with van der Waals surface area (Å²) in [5, 5.41) is 17.1. The van der Waals surface area contributed by atoms with Crippen LogP contribution in [0.25, 0.3) is 0 Å². The molecule has 0 saturated heterocycles. The number of halogens is 1. The van der Waals surface area contributed by atoms with Crippen LogP contribution in [0, 0.1) is 5.82 Å². The van der Waals surface area contributed by atoms with Crippen LogP contribution in [0.2, 0.25) is 0 Å². The van der Waals surface area contributed by atoms with Gasteiger partial charge in [-0.15, -0.1) is 0 Å². The van der Waals surface area contributed by atoms with Gasteiger partial charge in [-0.2, -0.15) is 0 Å². The van der Waals surface area contributed by atoms with Crippen LogP contribution in [0.3, 0.4) is 0 Å². The van der Waals surface area contributed by atoms with Gasteiger partial charge in [0.05, 0.1) is 13.2 Å². The molecule has 2 N–H and O–H groups in total. The first-order valence-electron chi connectivity index (χ1n) is 4.63. The van der Waals surface area contributed by atoms with E-state index in [0.29, 0.717) is 6.08 Å². The summed E-state index contributed by atoms with van der Waals surface area (Å²) in [5.74, 6) is -5.09. The highest BCUT2D eigenvalue weighted by atomic mass is 19.1. The maximum absolute atomic E-state index is 13.4. The molecule has 18 heavy (non-hydrogen) atoms. The Hall–Kier alpha value is -2.57. The molecule has 0 aromatic heterocycles. The van der Waals surface area contributed by atoms with Crippen molar-refractivity contribution < 1.29 is 33.7 Å². The molecule has 1 aromatic rings. The van der Waals surface area contributed by atoms with Gasteiger partial charge in [-0.05, 0) is 12.1 Å². The monoisotopic (exact) mass is 256 g/mol. The van der Waals surface area contributed by atoms with Gasteiger partial charge < -0.3 is 19.7 Å². The lowest BCUT2D eigenvalue weighted by atomic mass is 10.3. The van der Waals surface area contributed by atoms with Gasteiger partial charge in [-0.1, -0.05) is 0 Å². The van der Waals surface area contributed by atoms with E-state index in [0.717, 1.165) is 12.1 Å². The zero-order valence-corrected chi connectivity index (χ0v) is 9.21. The van der Waals surface area contributed by atoms with Gasteiger partial charge in [-0.3, -0.25) is 0 Å². The summed E-state index contributed by atoms with van der Waals surface area (Å²) in [4.78, 5) is 21.0. The molecule has 0 heterocycles. The minimum atomic E-state index is -1.62. The number of methoxy groups -OCH3 is 1. The van der Waals surface area contributed by atoms with Crippen LogP contribution in [-0.2, 0) is 9.59 Å². The third-order valence-corrected chi connectivity index (χ3v) is 1.82. The second-order valence-electron chi connectivity index (χ2n) is 3.05. The number of rotatable bonds is 5. The fourth-order valence-electron chi connectivity index (χ4n) is 1.06. The lowest BCUT2D eigenvalue weighted by Crippen LogP contribution is -2.11. The second-order valence-corrected chi connectivity index (χ2v) is 3.05. The molecule has 0 spiro atoms. The summed E-state index contributed by atoms with van der Waals surface area (Å²) in [6.45, 7) is 0. The molecule has 0 atom stereocenters. The Kier molecular flexibility index (Phi) is 4.25. The van der Waals surface area contributed by atoms with Gasteiger partial charge in [-0.25, -0.2) is 14.0 Å². The van der Waals surface area contributed by atoms with Crippen molar-refractivity contribution in [1.82, 2.24) is 0 Å². The summed E-state index contributed by atoms with van der Waals surface area (Å²) >= 11 is 0. The lowest BCUT2D eigenvalue weighted by Gasteiger charge is -2.07. The number of hydrogen-bond donors (Lipinski definition) is 2. The first-order valence-corrected chi connectivity index (χ1v) is 4.63. The number of hydrogen-bond acceptors (Lipinski definition) is 4. The van der Waals surface area contributed by atoms with Gasteiger partial charge in [0.25, 0.3) is 0 Å². The molecular formula is C11H9FO6. The van der Waals surface area contributed by atoms with Crippen molar-refractivity contribution in [3.63, 3.8) is 0 Å². The van der Waals surface area contributed by atoms with E-state index in [1.165, 1.54) is 13.2 Å². The SMILES string of the molecule is COc1ccc(O/C(=C\C(=O)O)C(=O)O)c(F)c1. The minimum absolute atomic E-state index is 0.221. The quantitative estimate of drug-likeness (QED) is 0.608. The predicted molar refractivity (Wildman–Crippen MR) is 56.9 cm³/mol. The Bertz CT molecular complexity index is 508. The standard InChI is InChI=1S/C11H9FO6/c1-17-6-2-3-8(7(12)4-6)18-9(11(15)16)5-10(13)14/h2-5H,1H3,(H,13,14)(H,15,16)/b9-5-. The normalized spacial score (nSPS) is 10.9. The smallest absolute Gasteiger partial charge is 0.372 e. The van der Waals surface area contributed by atoms with Gasteiger partial charge >= 0.3 is 11.9 Å². The lowest BCUT2D eigenvalue weighted by molar-refractivity contribution is -0.137. The molecule has 0 aliphatic heterocycles. The fourth-order valence-corrected chi connectivity index (χ4v) is 1.06. The summed E-state index contributed by atoms with van der Waals surface area (Å²) in [7, 11) is 1.34. The van der Waals surface area contributed by atoms with Crippen LogP contribution in [0.5, 0.6) is 11.5 Å². The Balaban J connectivity index is 3.02. The van der Waals surface area contributed by atoms with Crippen molar-refractivity contribution in [3.8, 4) is 11.5 Å². The molecule has 0 unspecified atom stereocenters. The minimum Gasteiger partial charge on any atom is -0.497 e. The highest BCUT2D eigenvalue weighted by Gasteiger charge is 2.15. The van der Waals surface area contributed by atoms with E-state index in [4.69, 9.17) is 14.9 Å². The summed E-state index contributed by atoms with van der Waals surface area (Å²) in [5.41, 5.74) is 0. The zero-order chi connectivity index (χ0) is 13.7. The van der Waals surface area contributed by atoms with Gasteiger partial charge in [0.2, 0.25) is 5.76 Å². The van der Waals surface area contributed by atoms with E-state index in [1.54, 1.807) is 0 Å². The number of carboxylic acids is 2. The number of carbonyl (C=O) groups is 2.